The van der Waals surface area contributed by atoms with Crippen molar-refractivity contribution in [1.29, 1.82) is 5.26 Å². The first-order valence-electron chi connectivity index (χ1n) is 5.72. The SMILES string of the molecule is N#Cc1ccc(-n2cncc2C2CNC2)c(Br)c1. The van der Waals surface area contributed by atoms with Gasteiger partial charge >= 0.3 is 0 Å². The quantitative estimate of drug-likeness (QED) is 0.925. The van der Waals surface area contributed by atoms with Gasteiger partial charge in [-0.2, -0.15) is 5.26 Å². The van der Waals surface area contributed by atoms with Gasteiger partial charge in [0.25, 0.3) is 0 Å². The van der Waals surface area contributed by atoms with Gasteiger partial charge < -0.3 is 9.88 Å². The Morgan fingerprint density at radius 1 is 1.44 bits per heavy atom. The summed E-state index contributed by atoms with van der Waals surface area (Å²) in [5.41, 5.74) is 2.88. The zero-order valence-corrected chi connectivity index (χ0v) is 11.2. The van der Waals surface area contributed by atoms with Crippen molar-refractivity contribution in [1.82, 2.24) is 14.9 Å². The van der Waals surface area contributed by atoms with Crippen LogP contribution in [0.15, 0.2) is 35.2 Å². The predicted molar refractivity (Wildman–Crippen MR) is 71.6 cm³/mol. The van der Waals surface area contributed by atoms with Crippen molar-refractivity contribution in [3.05, 3.63) is 46.5 Å². The van der Waals surface area contributed by atoms with Crippen LogP contribution in [0.5, 0.6) is 0 Å². The summed E-state index contributed by atoms with van der Waals surface area (Å²) in [6, 6.07) is 7.73. The molecular weight excluding hydrogens is 292 g/mol. The Morgan fingerprint density at radius 2 is 2.28 bits per heavy atom. The molecule has 0 bridgehead atoms. The molecule has 0 aliphatic carbocycles. The van der Waals surface area contributed by atoms with Crippen molar-refractivity contribution in [3.63, 3.8) is 0 Å². The zero-order chi connectivity index (χ0) is 12.5. The van der Waals surface area contributed by atoms with Gasteiger partial charge in [0, 0.05) is 35.4 Å². The van der Waals surface area contributed by atoms with Gasteiger partial charge in [0.05, 0.1) is 23.6 Å². The number of aromatic nitrogens is 2. The molecule has 3 rings (SSSR count). The largest absolute Gasteiger partial charge is 0.315 e. The summed E-state index contributed by atoms with van der Waals surface area (Å²) in [7, 11) is 0. The van der Waals surface area contributed by atoms with Crippen LogP contribution in [0.4, 0.5) is 0 Å². The zero-order valence-electron chi connectivity index (χ0n) is 9.60. The summed E-state index contributed by atoms with van der Waals surface area (Å²) >= 11 is 3.52. The van der Waals surface area contributed by atoms with Crippen molar-refractivity contribution in [2.24, 2.45) is 0 Å². The maximum absolute atomic E-state index is 8.88. The number of hydrogen-bond donors (Lipinski definition) is 1. The minimum atomic E-state index is 0.523. The molecule has 1 N–H and O–H groups in total. The van der Waals surface area contributed by atoms with Gasteiger partial charge in [-0.3, -0.25) is 0 Å². The molecule has 0 saturated carbocycles. The number of rotatable bonds is 2. The maximum atomic E-state index is 8.88. The Bertz CT molecular complexity index is 622. The van der Waals surface area contributed by atoms with Crippen LogP contribution in [0.1, 0.15) is 17.2 Å². The second kappa shape index (κ2) is 4.56. The first-order chi connectivity index (χ1) is 8.79. The second-order valence-corrected chi connectivity index (χ2v) is 5.18. The fourth-order valence-corrected chi connectivity index (χ4v) is 2.65. The van der Waals surface area contributed by atoms with E-state index in [4.69, 9.17) is 5.26 Å². The lowest BCUT2D eigenvalue weighted by Crippen LogP contribution is -2.40. The highest BCUT2D eigenvalue weighted by molar-refractivity contribution is 9.10. The highest BCUT2D eigenvalue weighted by Gasteiger charge is 2.23. The summed E-state index contributed by atoms with van der Waals surface area (Å²) in [5, 5.41) is 12.1. The van der Waals surface area contributed by atoms with Gasteiger partial charge in [0.15, 0.2) is 0 Å². The molecule has 0 spiro atoms. The van der Waals surface area contributed by atoms with Gasteiger partial charge in [0.2, 0.25) is 0 Å². The average Bonchev–Trinajstić information content (AvgIpc) is 2.75. The van der Waals surface area contributed by atoms with Crippen LogP contribution in [0, 0.1) is 11.3 Å². The van der Waals surface area contributed by atoms with E-state index in [-0.39, 0.29) is 0 Å². The van der Waals surface area contributed by atoms with E-state index in [2.05, 4.69) is 36.9 Å². The molecular formula is C13H11BrN4. The molecule has 1 aromatic heterocycles. The molecule has 18 heavy (non-hydrogen) atoms. The van der Waals surface area contributed by atoms with Gasteiger partial charge in [-0.1, -0.05) is 0 Å². The third kappa shape index (κ3) is 1.84. The lowest BCUT2D eigenvalue weighted by atomic mass is 10.00. The van der Waals surface area contributed by atoms with Crippen LogP contribution in [-0.2, 0) is 0 Å². The summed E-state index contributed by atoms with van der Waals surface area (Å²) in [4.78, 5) is 4.23. The third-order valence-corrected chi connectivity index (χ3v) is 3.84. The van der Waals surface area contributed by atoms with Gasteiger partial charge in [0.1, 0.15) is 0 Å². The minimum absolute atomic E-state index is 0.523. The molecule has 1 aliphatic heterocycles. The Balaban J connectivity index is 2.05. The average molecular weight is 303 g/mol. The van der Waals surface area contributed by atoms with Crippen LogP contribution >= 0.6 is 15.9 Å². The molecule has 0 radical (unpaired) electrons. The molecule has 5 heteroatoms. The minimum Gasteiger partial charge on any atom is -0.315 e. The molecule has 4 nitrogen and oxygen atoms in total. The monoisotopic (exact) mass is 302 g/mol. The van der Waals surface area contributed by atoms with Crippen LogP contribution in [0.3, 0.4) is 0 Å². The van der Waals surface area contributed by atoms with E-state index in [0.29, 0.717) is 11.5 Å². The summed E-state index contributed by atoms with van der Waals surface area (Å²) < 4.78 is 2.99. The molecule has 0 unspecified atom stereocenters. The highest BCUT2D eigenvalue weighted by atomic mass is 79.9. The Kier molecular flexibility index (Phi) is 2.90. The lowest BCUT2D eigenvalue weighted by Gasteiger charge is -2.28. The first kappa shape index (κ1) is 11.5. The van der Waals surface area contributed by atoms with Crippen molar-refractivity contribution in [2.75, 3.05) is 13.1 Å². The van der Waals surface area contributed by atoms with Crippen LogP contribution in [-0.4, -0.2) is 22.6 Å². The van der Waals surface area contributed by atoms with Crippen molar-refractivity contribution in [3.8, 4) is 11.8 Å². The molecule has 2 aromatic rings. The number of nitriles is 1. The molecule has 1 fully saturated rings. The van der Waals surface area contributed by atoms with Crippen LogP contribution in [0.25, 0.3) is 5.69 Å². The standard InChI is InChI=1S/C13H11BrN4/c14-11-3-9(4-15)1-2-12(11)18-8-17-7-13(18)10-5-16-6-10/h1-3,7-8,10,16H,5-6H2. The highest BCUT2D eigenvalue weighted by Crippen LogP contribution is 2.27. The number of nitrogens with zero attached hydrogens (tertiary/aromatic N) is 3. The van der Waals surface area contributed by atoms with E-state index in [9.17, 15) is 0 Å². The maximum Gasteiger partial charge on any atom is 0.0994 e. The fourth-order valence-electron chi connectivity index (χ4n) is 2.08. The van der Waals surface area contributed by atoms with E-state index in [1.165, 1.54) is 5.69 Å². The summed E-state index contributed by atoms with van der Waals surface area (Å²) in [5.74, 6) is 0.523. The molecule has 0 atom stereocenters. The first-order valence-corrected chi connectivity index (χ1v) is 6.52. The Hall–Kier alpha value is -1.64. The topological polar surface area (TPSA) is 53.6 Å². The number of benzene rings is 1. The Labute approximate surface area is 113 Å². The van der Waals surface area contributed by atoms with E-state index >= 15 is 0 Å². The lowest BCUT2D eigenvalue weighted by molar-refractivity contribution is 0.435. The molecule has 90 valence electrons. The van der Waals surface area contributed by atoms with Crippen molar-refractivity contribution >= 4 is 15.9 Å². The van der Waals surface area contributed by atoms with E-state index in [1.54, 1.807) is 0 Å². The normalized spacial score (nSPS) is 15.1. The van der Waals surface area contributed by atoms with E-state index in [1.807, 2.05) is 30.7 Å². The number of hydrogen-bond acceptors (Lipinski definition) is 3. The third-order valence-electron chi connectivity index (χ3n) is 3.20. The van der Waals surface area contributed by atoms with Gasteiger partial charge in [-0.15, -0.1) is 0 Å². The van der Waals surface area contributed by atoms with E-state index in [0.717, 1.165) is 23.2 Å². The fraction of sp³-hybridized carbons (Fsp3) is 0.231. The van der Waals surface area contributed by atoms with Crippen molar-refractivity contribution < 1.29 is 0 Å². The Morgan fingerprint density at radius 3 is 2.89 bits per heavy atom. The second-order valence-electron chi connectivity index (χ2n) is 4.32. The van der Waals surface area contributed by atoms with E-state index < -0.39 is 0 Å². The predicted octanol–water partition coefficient (Wildman–Crippen LogP) is 2.19. The number of imidazole rings is 1. The van der Waals surface area contributed by atoms with Gasteiger partial charge in [-0.25, -0.2) is 4.98 Å². The number of nitrogens with one attached hydrogen (secondary N) is 1. The molecule has 2 heterocycles. The molecule has 0 amide bonds. The smallest absolute Gasteiger partial charge is 0.0994 e. The van der Waals surface area contributed by atoms with Gasteiger partial charge in [-0.05, 0) is 34.1 Å². The summed E-state index contributed by atoms with van der Waals surface area (Å²) in [6.45, 7) is 2.00. The summed E-state index contributed by atoms with van der Waals surface area (Å²) in [6.07, 6.45) is 3.73. The molecule has 1 saturated heterocycles. The van der Waals surface area contributed by atoms with Crippen LogP contribution in [0.2, 0.25) is 0 Å². The van der Waals surface area contributed by atoms with Crippen LogP contribution < -0.4 is 5.32 Å². The molecule has 1 aromatic carbocycles. The molecule has 1 aliphatic rings. The number of halogens is 1. The van der Waals surface area contributed by atoms with Crippen molar-refractivity contribution in [2.45, 2.75) is 5.92 Å².